The first-order chi connectivity index (χ1) is 12.6. The van der Waals surface area contributed by atoms with Crippen molar-refractivity contribution in [2.45, 2.75) is 43.7 Å². The Morgan fingerprint density at radius 3 is 2.74 bits per heavy atom. The molecule has 2 heterocycles. The number of fused-ring (bicyclic) bond motifs is 1. The number of carbonyl (C=O) groups is 1. The molecule has 0 bridgehead atoms. The molecule has 0 atom stereocenters. The Balaban J connectivity index is 0.00000261. The van der Waals surface area contributed by atoms with Crippen molar-refractivity contribution in [3.05, 3.63) is 53.5 Å². The van der Waals surface area contributed by atoms with Crippen LogP contribution in [0.15, 0.2) is 45.7 Å². The molecular weight excluding hydrogens is 380 g/mol. The summed E-state index contributed by atoms with van der Waals surface area (Å²) in [7, 11) is 4.07. The lowest BCUT2D eigenvalue weighted by molar-refractivity contribution is -0.132. The number of unbranched alkanes of at least 4 members (excludes halogenated alkanes) is 1. The van der Waals surface area contributed by atoms with Crippen LogP contribution in [0.3, 0.4) is 0 Å². The molecule has 3 rings (SSSR count). The number of benzene rings is 1. The molecule has 148 valence electrons. The topological polar surface area (TPSA) is 36.7 Å². The van der Waals surface area contributed by atoms with Gasteiger partial charge in [0.2, 0.25) is 5.91 Å². The number of hydrogen-bond acceptors (Lipinski definition) is 4. The summed E-state index contributed by atoms with van der Waals surface area (Å²) in [6.45, 7) is 2.24. The second-order valence-corrected chi connectivity index (χ2v) is 8.25. The van der Waals surface area contributed by atoms with Crippen molar-refractivity contribution in [3.8, 4) is 0 Å². The highest BCUT2D eigenvalue weighted by Gasteiger charge is 2.23. The fraction of sp³-hybridized carbons (Fsp3) is 0.476. The van der Waals surface area contributed by atoms with E-state index in [1.165, 1.54) is 10.5 Å². The molecule has 0 unspecified atom stereocenters. The molecular formula is C21H29ClN2O2S. The minimum absolute atomic E-state index is 0. The third kappa shape index (κ3) is 6.59. The molecule has 0 aliphatic carbocycles. The van der Waals surface area contributed by atoms with Crippen molar-refractivity contribution >= 4 is 30.1 Å². The van der Waals surface area contributed by atoms with Crippen LogP contribution in [-0.2, 0) is 24.3 Å². The van der Waals surface area contributed by atoms with E-state index in [2.05, 4.69) is 35.2 Å². The molecule has 0 saturated carbocycles. The lowest BCUT2D eigenvalue weighted by Gasteiger charge is -2.26. The molecule has 6 heteroatoms. The van der Waals surface area contributed by atoms with Gasteiger partial charge in [0.15, 0.2) is 0 Å². The summed E-state index contributed by atoms with van der Waals surface area (Å²) in [6, 6.07) is 12.6. The van der Waals surface area contributed by atoms with Crippen LogP contribution in [0.25, 0.3) is 0 Å². The van der Waals surface area contributed by atoms with Gasteiger partial charge in [-0.15, -0.1) is 24.2 Å². The highest BCUT2D eigenvalue weighted by molar-refractivity contribution is 7.99. The first kappa shape index (κ1) is 21.9. The fourth-order valence-corrected chi connectivity index (χ4v) is 4.16. The predicted molar refractivity (Wildman–Crippen MR) is 113 cm³/mol. The van der Waals surface area contributed by atoms with Gasteiger partial charge in [0.25, 0.3) is 0 Å². The van der Waals surface area contributed by atoms with Crippen molar-refractivity contribution < 1.29 is 9.21 Å². The van der Waals surface area contributed by atoms with E-state index in [4.69, 9.17) is 4.42 Å². The number of furan rings is 1. The maximum atomic E-state index is 12.5. The minimum atomic E-state index is 0. The van der Waals surface area contributed by atoms with Gasteiger partial charge in [-0.1, -0.05) is 18.2 Å². The van der Waals surface area contributed by atoms with Gasteiger partial charge in [-0.2, -0.15) is 0 Å². The number of thioether (sulfide) groups is 1. The maximum absolute atomic E-state index is 12.5. The van der Waals surface area contributed by atoms with Crippen LogP contribution >= 0.6 is 24.2 Å². The highest BCUT2D eigenvalue weighted by atomic mass is 35.5. The van der Waals surface area contributed by atoms with E-state index in [1.807, 2.05) is 36.8 Å². The van der Waals surface area contributed by atoms with E-state index in [0.29, 0.717) is 13.0 Å². The van der Waals surface area contributed by atoms with Gasteiger partial charge in [-0.25, -0.2) is 0 Å². The molecule has 1 aliphatic heterocycles. The molecule has 1 aromatic heterocycles. The first-order valence-electron chi connectivity index (χ1n) is 9.32. The van der Waals surface area contributed by atoms with Crippen LogP contribution in [0.1, 0.15) is 36.3 Å². The Morgan fingerprint density at radius 2 is 2.00 bits per heavy atom. The second kappa shape index (κ2) is 10.8. The smallest absolute Gasteiger partial charge is 0.222 e. The Kier molecular flexibility index (Phi) is 8.74. The van der Waals surface area contributed by atoms with Crippen LogP contribution in [0, 0.1) is 0 Å². The summed E-state index contributed by atoms with van der Waals surface area (Å²) >= 11 is 1.86. The molecule has 1 aliphatic rings. The average molecular weight is 409 g/mol. The molecule has 27 heavy (non-hydrogen) atoms. The van der Waals surface area contributed by atoms with Gasteiger partial charge in [-0.05, 0) is 62.9 Å². The van der Waals surface area contributed by atoms with E-state index in [-0.39, 0.29) is 18.3 Å². The van der Waals surface area contributed by atoms with Crippen LogP contribution < -0.4 is 0 Å². The number of hydrogen-bond donors (Lipinski definition) is 0. The van der Waals surface area contributed by atoms with Gasteiger partial charge in [0.1, 0.15) is 11.5 Å². The van der Waals surface area contributed by atoms with E-state index < -0.39 is 0 Å². The third-order valence-corrected chi connectivity index (χ3v) is 5.65. The zero-order chi connectivity index (χ0) is 18.4. The van der Waals surface area contributed by atoms with Crippen LogP contribution in [0.4, 0.5) is 0 Å². The number of rotatable bonds is 8. The molecule has 4 nitrogen and oxygen atoms in total. The Labute approximate surface area is 172 Å². The summed E-state index contributed by atoms with van der Waals surface area (Å²) in [5.41, 5.74) is 1.27. The van der Waals surface area contributed by atoms with Gasteiger partial charge < -0.3 is 14.2 Å². The summed E-state index contributed by atoms with van der Waals surface area (Å²) in [5.74, 6) is 3.28. The van der Waals surface area contributed by atoms with Gasteiger partial charge >= 0.3 is 0 Å². The summed E-state index contributed by atoms with van der Waals surface area (Å²) in [5, 5.41) is 0. The summed E-state index contributed by atoms with van der Waals surface area (Å²) < 4.78 is 5.95. The zero-order valence-electron chi connectivity index (χ0n) is 16.1. The molecule has 1 aromatic carbocycles. The zero-order valence-corrected chi connectivity index (χ0v) is 17.8. The average Bonchev–Trinajstić information content (AvgIpc) is 3.02. The van der Waals surface area contributed by atoms with Crippen molar-refractivity contribution in [2.75, 3.05) is 26.4 Å². The van der Waals surface area contributed by atoms with Crippen molar-refractivity contribution in [2.24, 2.45) is 0 Å². The Bertz CT molecular complexity index is 718. The van der Waals surface area contributed by atoms with Gasteiger partial charge in [0, 0.05) is 17.9 Å². The minimum Gasteiger partial charge on any atom is -0.463 e. The monoisotopic (exact) mass is 408 g/mol. The summed E-state index contributed by atoms with van der Waals surface area (Å²) in [6.07, 6.45) is 3.56. The first-order valence-corrected chi connectivity index (χ1v) is 10.3. The van der Waals surface area contributed by atoms with Crippen LogP contribution in [-0.4, -0.2) is 42.1 Å². The summed E-state index contributed by atoms with van der Waals surface area (Å²) in [4.78, 5) is 17.8. The molecule has 0 saturated heterocycles. The molecule has 1 amide bonds. The lowest BCUT2D eigenvalue weighted by atomic mass is 10.1. The van der Waals surface area contributed by atoms with Crippen LogP contribution in [0.2, 0.25) is 0 Å². The lowest BCUT2D eigenvalue weighted by Crippen LogP contribution is -2.35. The predicted octanol–water partition coefficient (Wildman–Crippen LogP) is 4.61. The molecule has 0 fully saturated rings. The quantitative estimate of drug-likeness (QED) is 0.472. The van der Waals surface area contributed by atoms with Crippen molar-refractivity contribution in [1.82, 2.24) is 9.80 Å². The van der Waals surface area contributed by atoms with E-state index in [1.54, 1.807) is 0 Å². The van der Waals surface area contributed by atoms with Crippen molar-refractivity contribution in [3.63, 3.8) is 0 Å². The largest absolute Gasteiger partial charge is 0.463 e. The van der Waals surface area contributed by atoms with Gasteiger partial charge in [0.05, 0.1) is 13.1 Å². The Hall–Kier alpha value is -1.43. The number of nitrogens with zero attached hydrogens (tertiary/aromatic N) is 2. The normalized spacial score (nSPS) is 13.4. The van der Waals surface area contributed by atoms with E-state index in [0.717, 1.165) is 49.6 Å². The number of halogens is 1. The molecule has 0 spiro atoms. The number of amides is 1. The molecule has 2 aromatic rings. The second-order valence-electron chi connectivity index (χ2n) is 7.08. The maximum Gasteiger partial charge on any atom is 0.222 e. The SMILES string of the molecule is CN(C)Cc1cc2c(o1)CN(C(=O)CCCCSc1ccccc1)CC2.Cl. The van der Waals surface area contributed by atoms with Gasteiger partial charge in [-0.3, -0.25) is 4.79 Å². The Morgan fingerprint density at radius 1 is 1.22 bits per heavy atom. The third-order valence-electron chi connectivity index (χ3n) is 4.55. The highest BCUT2D eigenvalue weighted by Crippen LogP contribution is 2.24. The van der Waals surface area contributed by atoms with Crippen LogP contribution in [0.5, 0.6) is 0 Å². The fourth-order valence-electron chi connectivity index (χ4n) is 3.23. The van der Waals surface area contributed by atoms with E-state index >= 15 is 0 Å². The molecule has 0 N–H and O–H groups in total. The van der Waals surface area contributed by atoms with E-state index in [9.17, 15) is 4.79 Å². The number of carbonyl (C=O) groups excluding carboxylic acids is 1. The van der Waals surface area contributed by atoms with Crippen molar-refractivity contribution in [1.29, 1.82) is 0 Å². The molecule has 0 radical (unpaired) electrons. The standard InChI is InChI=1S/C21H28N2O2S.ClH/c1-22(2)15-18-14-17-11-12-23(16-20(17)25-18)21(24)10-6-7-13-26-19-8-4-3-5-9-19;/h3-5,8-9,14H,6-7,10-13,15-16H2,1-2H3;1H.